The number of likely N-dealkylation sites (N-methyl/N-ethyl adjacent to an activating group) is 1. The summed E-state index contributed by atoms with van der Waals surface area (Å²) in [5, 5.41) is 10.1. The minimum Gasteiger partial charge on any atom is -0.493 e. The summed E-state index contributed by atoms with van der Waals surface area (Å²) in [6.07, 6.45) is 6.35. The molecule has 1 aromatic rings. The number of rotatable bonds is 3. The number of fused-ring (bicyclic) bond motifs is 1. The van der Waals surface area contributed by atoms with Gasteiger partial charge in [-0.25, -0.2) is 0 Å². The molecular weight excluding hydrogens is 358 g/mol. The van der Waals surface area contributed by atoms with Gasteiger partial charge in [0.05, 0.1) is 18.4 Å². The molecule has 2 fully saturated rings. The van der Waals surface area contributed by atoms with Crippen molar-refractivity contribution in [3.8, 4) is 11.5 Å². The van der Waals surface area contributed by atoms with Gasteiger partial charge in [-0.2, -0.15) is 0 Å². The highest BCUT2D eigenvalue weighted by Gasteiger charge is 2.79. The van der Waals surface area contributed by atoms with Crippen LogP contribution in [0.5, 0.6) is 11.5 Å². The third-order valence-electron chi connectivity index (χ3n) is 8.58. The van der Waals surface area contributed by atoms with Crippen molar-refractivity contribution < 1.29 is 24.1 Å². The Morgan fingerprint density at radius 1 is 1.32 bits per heavy atom. The molecule has 5 unspecified atom stereocenters. The first kappa shape index (κ1) is 16.9. The summed E-state index contributed by atoms with van der Waals surface area (Å²) in [5.41, 5.74) is 1.05. The van der Waals surface area contributed by atoms with Crippen LogP contribution in [0.2, 0.25) is 0 Å². The lowest BCUT2D eigenvalue weighted by molar-refractivity contribution is -0.219. The second-order valence-electron chi connectivity index (χ2n) is 9.08. The molecule has 4 bridgehead atoms. The minimum absolute atomic E-state index is 0.257. The number of methoxy groups -OCH3 is 2. The first-order valence-electron chi connectivity index (χ1n) is 10.0. The van der Waals surface area contributed by atoms with Gasteiger partial charge in [0.25, 0.3) is 0 Å². The molecule has 1 aromatic carbocycles. The Kier molecular flexibility index (Phi) is 2.96. The van der Waals surface area contributed by atoms with Crippen LogP contribution in [0.1, 0.15) is 24.0 Å². The summed E-state index contributed by atoms with van der Waals surface area (Å²) in [6.45, 7) is 0.966. The van der Waals surface area contributed by atoms with Gasteiger partial charge < -0.3 is 24.2 Å². The molecule has 0 aromatic heterocycles. The van der Waals surface area contributed by atoms with Crippen LogP contribution in [-0.4, -0.2) is 61.5 Å². The van der Waals surface area contributed by atoms with E-state index in [0.29, 0.717) is 6.42 Å². The molecule has 28 heavy (non-hydrogen) atoms. The smallest absolute Gasteiger partial charge is 0.309 e. The van der Waals surface area contributed by atoms with E-state index in [9.17, 15) is 9.90 Å². The first-order chi connectivity index (χ1) is 13.4. The number of aliphatic carboxylic acids is 1. The van der Waals surface area contributed by atoms with Crippen LogP contribution in [-0.2, 0) is 21.4 Å². The maximum atomic E-state index is 12.4. The predicted molar refractivity (Wildman–Crippen MR) is 101 cm³/mol. The van der Waals surface area contributed by atoms with Gasteiger partial charge in [0.1, 0.15) is 11.7 Å². The number of carbonyl (C=O) groups is 1. The minimum atomic E-state index is -0.966. The molecule has 6 aliphatic rings. The standard InChI is InChI=1S/C22H25NO5/c1-23-9-8-21-16-12-4-5-14(26-2)17(16)28-19(21)22(27-3)7-6-20(21,15(23)10-12)11-13(22)18(24)25/h4-7,13,15,19H,8-11H2,1-3H3,(H,24,25)/t13?,15?,19?,20?,21-,22?/m0/s1. The van der Waals surface area contributed by atoms with Gasteiger partial charge in [0.2, 0.25) is 0 Å². The average Bonchev–Trinajstić information content (AvgIpc) is 3.07. The molecule has 2 spiro atoms. The molecule has 1 saturated carbocycles. The van der Waals surface area contributed by atoms with Gasteiger partial charge >= 0.3 is 5.97 Å². The monoisotopic (exact) mass is 383 g/mol. The SMILES string of the molecule is COc1ccc2c3c1OC1C4(OC)C=CC5(CC4C(=O)O)C(C2)N(C)CC[C@]315. The van der Waals surface area contributed by atoms with Crippen molar-refractivity contribution in [3.63, 3.8) is 0 Å². The van der Waals surface area contributed by atoms with Crippen LogP contribution in [0.3, 0.4) is 0 Å². The van der Waals surface area contributed by atoms with E-state index in [1.807, 2.05) is 12.1 Å². The molecule has 6 atom stereocenters. The van der Waals surface area contributed by atoms with Crippen molar-refractivity contribution in [1.29, 1.82) is 0 Å². The van der Waals surface area contributed by atoms with Crippen molar-refractivity contribution in [3.05, 3.63) is 35.4 Å². The highest BCUT2D eigenvalue weighted by Crippen LogP contribution is 2.74. The van der Waals surface area contributed by atoms with E-state index < -0.39 is 17.5 Å². The van der Waals surface area contributed by atoms with E-state index in [0.717, 1.165) is 30.9 Å². The lowest BCUT2D eigenvalue weighted by Crippen LogP contribution is -2.79. The highest BCUT2D eigenvalue weighted by atomic mass is 16.6. The Morgan fingerprint density at radius 2 is 2.14 bits per heavy atom. The second kappa shape index (κ2) is 4.92. The summed E-state index contributed by atoms with van der Waals surface area (Å²) < 4.78 is 18.3. The van der Waals surface area contributed by atoms with Crippen molar-refractivity contribution in [2.24, 2.45) is 11.3 Å². The van der Waals surface area contributed by atoms with E-state index in [-0.39, 0.29) is 23.0 Å². The Bertz CT molecular complexity index is 943. The summed E-state index contributed by atoms with van der Waals surface area (Å²) in [4.78, 5) is 14.8. The van der Waals surface area contributed by atoms with Gasteiger partial charge in [-0.3, -0.25) is 4.79 Å². The summed E-state index contributed by atoms with van der Waals surface area (Å²) in [5.74, 6) is 0.0936. The van der Waals surface area contributed by atoms with Crippen LogP contribution in [0.25, 0.3) is 0 Å². The number of carboxylic acids is 1. The summed E-state index contributed by atoms with van der Waals surface area (Å²) in [6, 6.07) is 4.41. The van der Waals surface area contributed by atoms with Crippen LogP contribution in [0.15, 0.2) is 24.3 Å². The molecule has 6 heteroatoms. The molecule has 148 valence electrons. The predicted octanol–water partition coefficient (Wildman–Crippen LogP) is 2.00. The zero-order valence-electron chi connectivity index (χ0n) is 16.4. The highest BCUT2D eigenvalue weighted by molar-refractivity contribution is 5.76. The molecule has 2 aliphatic heterocycles. The van der Waals surface area contributed by atoms with Crippen LogP contribution in [0, 0.1) is 11.3 Å². The number of nitrogens with zero attached hydrogens (tertiary/aromatic N) is 1. The normalized spacial score (nSPS) is 44.2. The Labute approximate surface area is 164 Å². The van der Waals surface area contributed by atoms with E-state index in [1.54, 1.807) is 14.2 Å². The maximum absolute atomic E-state index is 12.4. The topological polar surface area (TPSA) is 68.2 Å². The lowest BCUT2D eigenvalue weighted by Gasteiger charge is -2.70. The van der Waals surface area contributed by atoms with Crippen molar-refractivity contribution in [2.45, 2.75) is 42.4 Å². The number of hydrogen-bond donors (Lipinski definition) is 1. The fraction of sp³-hybridized carbons (Fsp3) is 0.591. The lowest BCUT2D eigenvalue weighted by atomic mass is 9.37. The van der Waals surface area contributed by atoms with Gasteiger partial charge in [-0.1, -0.05) is 18.2 Å². The van der Waals surface area contributed by atoms with E-state index in [1.165, 1.54) is 11.1 Å². The molecule has 1 N–H and O–H groups in total. The number of hydrogen-bond acceptors (Lipinski definition) is 5. The first-order valence-corrected chi connectivity index (χ1v) is 10.0. The van der Waals surface area contributed by atoms with Crippen LogP contribution in [0.4, 0.5) is 0 Å². The summed E-state index contributed by atoms with van der Waals surface area (Å²) in [7, 11) is 5.45. The molecule has 2 heterocycles. The van der Waals surface area contributed by atoms with Gasteiger partial charge in [0.15, 0.2) is 11.5 Å². The number of carboxylic acid groups (broad SMARTS) is 1. The second-order valence-corrected chi connectivity index (χ2v) is 9.08. The van der Waals surface area contributed by atoms with E-state index in [2.05, 4.69) is 24.1 Å². The van der Waals surface area contributed by atoms with Gasteiger partial charge in [-0.15, -0.1) is 0 Å². The molecule has 7 rings (SSSR count). The van der Waals surface area contributed by atoms with Crippen molar-refractivity contribution >= 4 is 5.97 Å². The molecule has 1 saturated heterocycles. The van der Waals surface area contributed by atoms with E-state index in [4.69, 9.17) is 14.2 Å². The van der Waals surface area contributed by atoms with Crippen LogP contribution >= 0.6 is 0 Å². The van der Waals surface area contributed by atoms with Gasteiger partial charge in [-0.05, 0) is 44.5 Å². The average molecular weight is 383 g/mol. The third-order valence-corrected chi connectivity index (χ3v) is 8.58. The fourth-order valence-electron chi connectivity index (χ4n) is 7.49. The molecular formula is C22H25NO5. The quantitative estimate of drug-likeness (QED) is 0.806. The number of ether oxygens (including phenoxy) is 3. The van der Waals surface area contributed by atoms with Crippen molar-refractivity contribution in [2.75, 3.05) is 27.8 Å². The Morgan fingerprint density at radius 3 is 2.86 bits per heavy atom. The number of likely N-dealkylation sites (tertiary alicyclic amines) is 1. The molecule has 6 nitrogen and oxygen atoms in total. The van der Waals surface area contributed by atoms with E-state index >= 15 is 0 Å². The largest absolute Gasteiger partial charge is 0.493 e. The molecule has 0 radical (unpaired) electrons. The number of piperidine rings is 1. The fourth-order valence-corrected chi connectivity index (χ4v) is 7.49. The number of benzene rings is 1. The Balaban J connectivity index is 1.72. The third kappa shape index (κ3) is 1.46. The Hall–Kier alpha value is -2.05. The van der Waals surface area contributed by atoms with Gasteiger partial charge in [0, 0.05) is 24.1 Å². The van der Waals surface area contributed by atoms with Crippen LogP contribution < -0.4 is 9.47 Å². The summed E-state index contributed by atoms with van der Waals surface area (Å²) >= 11 is 0. The zero-order valence-corrected chi connectivity index (χ0v) is 16.4. The maximum Gasteiger partial charge on any atom is 0.309 e. The molecule has 0 amide bonds. The van der Waals surface area contributed by atoms with Crippen molar-refractivity contribution in [1.82, 2.24) is 4.90 Å². The zero-order chi connectivity index (χ0) is 19.5. The molecule has 4 aliphatic carbocycles.